The van der Waals surface area contributed by atoms with Gasteiger partial charge in [0.2, 0.25) is 0 Å². The lowest BCUT2D eigenvalue weighted by atomic mass is 10.0. The zero-order valence-corrected chi connectivity index (χ0v) is 12.5. The highest BCUT2D eigenvalue weighted by atomic mass is 35.5. The minimum Gasteiger partial charge on any atom is -0.310 e. The Hall–Kier alpha value is -0.570. The molecule has 0 heterocycles. The number of nitrogens with one attached hydrogen (secondary N) is 1. The third-order valence-corrected chi connectivity index (χ3v) is 3.27. The van der Waals surface area contributed by atoms with Crippen LogP contribution < -0.4 is 5.32 Å². The lowest BCUT2D eigenvalue weighted by Gasteiger charge is -2.19. The summed E-state index contributed by atoms with van der Waals surface area (Å²) >= 11 is 5.93. The largest absolute Gasteiger partial charge is 0.310 e. The first kappa shape index (κ1) is 15.5. The predicted molar refractivity (Wildman–Crippen MR) is 80.3 cm³/mol. The maximum Gasteiger partial charge on any atom is 0.0406 e. The van der Waals surface area contributed by atoms with Crippen LogP contribution in [0.1, 0.15) is 37.8 Å². The first-order valence-electron chi connectivity index (χ1n) is 6.77. The minimum absolute atomic E-state index is 0.453. The van der Waals surface area contributed by atoms with E-state index in [4.69, 9.17) is 11.6 Å². The lowest BCUT2D eigenvalue weighted by Crippen LogP contribution is -2.25. The van der Waals surface area contributed by atoms with Gasteiger partial charge in [0.15, 0.2) is 0 Å². The third kappa shape index (κ3) is 5.85. The van der Waals surface area contributed by atoms with Crippen molar-refractivity contribution in [3.05, 3.63) is 34.9 Å². The van der Waals surface area contributed by atoms with Crippen LogP contribution in [-0.2, 0) is 0 Å². The summed E-state index contributed by atoms with van der Waals surface area (Å²) in [5.41, 5.74) is 1.34. The number of halogens is 1. The Morgan fingerprint density at radius 3 is 2.44 bits per heavy atom. The SMILES string of the molecule is CCCC(NCCCN(C)C)c1ccc(Cl)cc1. The van der Waals surface area contributed by atoms with Gasteiger partial charge in [0, 0.05) is 11.1 Å². The Morgan fingerprint density at radius 1 is 1.22 bits per heavy atom. The van der Waals surface area contributed by atoms with Crippen molar-refractivity contribution in [1.82, 2.24) is 10.2 Å². The first-order valence-corrected chi connectivity index (χ1v) is 7.15. The predicted octanol–water partition coefficient (Wildman–Crippen LogP) is 3.72. The second-order valence-corrected chi connectivity index (χ2v) is 5.44. The molecule has 2 nitrogen and oxygen atoms in total. The van der Waals surface area contributed by atoms with E-state index in [1.165, 1.54) is 24.8 Å². The summed E-state index contributed by atoms with van der Waals surface area (Å²) in [6.07, 6.45) is 3.54. The molecule has 0 aliphatic rings. The van der Waals surface area contributed by atoms with Gasteiger partial charge in [-0.15, -0.1) is 0 Å². The Labute approximate surface area is 116 Å². The molecule has 0 aliphatic carbocycles. The van der Waals surface area contributed by atoms with Gasteiger partial charge in [-0.1, -0.05) is 37.1 Å². The molecule has 3 heteroatoms. The molecule has 1 aromatic carbocycles. The van der Waals surface area contributed by atoms with Gasteiger partial charge in [0.1, 0.15) is 0 Å². The summed E-state index contributed by atoms with van der Waals surface area (Å²) in [7, 11) is 4.23. The van der Waals surface area contributed by atoms with Gasteiger partial charge in [0.05, 0.1) is 0 Å². The molecule has 0 spiro atoms. The molecule has 0 bridgehead atoms. The molecule has 0 aromatic heterocycles. The topological polar surface area (TPSA) is 15.3 Å². The highest BCUT2D eigenvalue weighted by Gasteiger charge is 2.09. The summed E-state index contributed by atoms with van der Waals surface area (Å²) in [6, 6.07) is 8.65. The first-order chi connectivity index (χ1) is 8.63. The van der Waals surface area contributed by atoms with Gasteiger partial charge in [-0.25, -0.2) is 0 Å². The average molecular weight is 269 g/mol. The van der Waals surface area contributed by atoms with Crippen molar-refractivity contribution in [3.8, 4) is 0 Å². The van der Waals surface area contributed by atoms with E-state index in [1.807, 2.05) is 12.1 Å². The fourth-order valence-electron chi connectivity index (χ4n) is 2.04. The highest BCUT2D eigenvalue weighted by Crippen LogP contribution is 2.20. The molecule has 0 radical (unpaired) electrons. The van der Waals surface area contributed by atoms with Crippen LogP contribution in [0.4, 0.5) is 0 Å². The number of hydrogen-bond acceptors (Lipinski definition) is 2. The van der Waals surface area contributed by atoms with Crippen molar-refractivity contribution in [3.63, 3.8) is 0 Å². The number of hydrogen-bond donors (Lipinski definition) is 1. The third-order valence-electron chi connectivity index (χ3n) is 3.02. The Kier molecular flexibility index (Phi) is 7.33. The molecule has 1 atom stereocenters. The van der Waals surface area contributed by atoms with Crippen LogP contribution in [0.5, 0.6) is 0 Å². The quantitative estimate of drug-likeness (QED) is 0.723. The summed E-state index contributed by atoms with van der Waals surface area (Å²) in [6.45, 7) is 4.42. The molecule has 1 rings (SSSR count). The monoisotopic (exact) mass is 268 g/mol. The van der Waals surface area contributed by atoms with E-state index >= 15 is 0 Å². The molecular weight excluding hydrogens is 244 g/mol. The van der Waals surface area contributed by atoms with Crippen molar-refractivity contribution in [2.75, 3.05) is 27.2 Å². The number of nitrogens with zero attached hydrogens (tertiary/aromatic N) is 1. The van der Waals surface area contributed by atoms with Crippen LogP contribution in [0, 0.1) is 0 Å². The van der Waals surface area contributed by atoms with E-state index in [1.54, 1.807) is 0 Å². The number of benzene rings is 1. The Balaban J connectivity index is 2.46. The molecule has 0 saturated heterocycles. The minimum atomic E-state index is 0.453. The second kappa shape index (κ2) is 8.52. The van der Waals surface area contributed by atoms with Crippen molar-refractivity contribution < 1.29 is 0 Å². The summed E-state index contributed by atoms with van der Waals surface area (Å²) in [5.74, 6) is 0. The Morgan fingerprint density at radius 2 is 1.89 bits per heavy atom. The Bertz CT molecular complexity index is 322. The van der Waals surface area contributed by atoms with E-state index in [0.717, 1.165) is 18.1 Å². The zero-order valence-electron chi connectivity index (χ0n) is 11.7. The van der Waals surface area contributed by atoms with Gasteiger partial charge >= 0.3 is 0 Å². The van der Waals surface area contributed by atoms with Gasteiger partial charge in [-0.2, -0.15) is 0 Å². The molecule has 18 heavy (non-hydrogen) atoms. The van der Waals surface area contributed by atoms with Crippen LogP contribution in [0.2, 0.25) is 5.02 Å². The molecule has 0 saturated carbocycles. The normalized spacial score (nSPS) is 12.9. The van der Waals surface area contributed by atoms with Crippen LogP contribution in [-0.4, -0.2) is 32.1 Å². The van der Waals surface area contributed by atoms with Crippen molar-refractivity contribution in [2.24, 2.45) is 0 Å². The zero-order chi connectivity index (χ0) is 13.4. The van der Waals surface area contributed by atoms with E-state index in [9.17, 15) is 0 Å². The molecule has 1 unspecified atom stereocenters. The maximum absolute atomic E-state index is 5.93. The van der Waals surface area contributed by atoms with Crippen molar-refractivity contribution in [2.45, 2.75) is 32.2 Å². The summed E-state index contributed by atoms with van der Waals surface area (Å²) in [4.78, 5) is 2.22. The van der Waals surface area contributed by atoms with E-state index in [-0.39, 0.29) is 0 Å². The molecule has 0 fully saturated rings. The van der Waals surface area contributed by atoms with Crippen LogP contribution in [0.25, 0.3) is 0 Å². The van der Waals surface area contributed by atoms with Gasteiger partial charge in [0.25, 0.3) is 0 Å². The fourth-order valence-corrected chi connectivity index (χ4v) is 2.17. The van der Waals surface area contributed by atoms with Crippen molar-refractivity contribution >= 4 is 11.6 Å². The van der Waals surface area contributed by atoms with E-state index in [2.05, 4.69) is 43.4 Å². The highest BCUT2D eigenvalue weighted by molar-refractivity contribution is 6.30. The molecule has 0 amide bonds. The smallest absolute Gasteiger partial charge is 0.0406 e. The van der Waals surface area contributed by atoms with E-state index < -0.39 is 0 Å². The molecule has 0 aliphatic heterocycles. The van der Waals surface area contributed by atoms with Crippen molar-refractivity contribution in [1.29, 1.82) is 0 Å². The second-order valence-electron chi connectivity index (χ2n) is 5.00. The van der Waals surface area contributed by atoms with Crippen LogP contribution in [0.3, 0.4) is 0 Å². The van der Waals surface area contributed by atoms with Gasteiger partial charge in [-0.05, 0) is 57.7 Å². The standard InChI is InChI=1S/C15H25ClN2/c1-4-6-15(17-11-5-12-18(2)3)13-7-9-14(16)10-8-13/h7-10,15,17H,4-6,11-12H2,1-3H3. The molecule has 1 N–H and O–H groups in total. The van der Waals surface area contributed by atoms with E-state index in [0.29, 0.717) is 6.04 Å². The molecule has 1 aromatic rings. The van der Waals surface area contributed by atoms with Gasteiger partial charge in [-0.3, -0.25) is 0 Å². The summed E-state index contributed by atoms with van der Waals surface area (Å²) in [5, 5.41) is 4.45. The lowest BCUT2D eigenvalue weighted by molar-refractivity contribution is 0.383. The fraction of sp³-hybridized carbons (Fsp3) is 0.600. The van der Waals surface area contributed by atoms with Crippen LogP contribution in [0.15, 0.2) is 24.3 Å². The molecule has 102 valence electrons. The summed E-state index contributed by atoms with van der Waals surface area (Å²) < 4.78 is 0. The van der Waals surface area contributed by atoms with Gasteiger partial charge < -0.3 is 10.2 Å². The molecular formula is C15H25ClN2. The average Bonchev–Trinajstić information content (AvgIpc) is 2.34. The number of rotatable bonds is 8. The maximum atomic E-state index is 5.93. The van der Waals surface area contributed by atoms with Crippen LogP contribution >= 0.6 is 11.6 Å².